The maximum absolute atomic E-state index is 11.7. The molecule has 1 aliphatic rings. The van der Waals surface area contributed by atoms with Crippen LogP contribution in [0.1, 0.15) is 40.5 Å². The summed E-state index contributed by atoms with van der Waals surface area (Å²) < 4.78 is 0. The number of amides is 2. The normalized spacial score (nSPS) is 18.3. The lowest BCUT2D eigenvalue weighted by Gasteiger charge is -2.26. The van der Waals surface area contributed by atoms with Gasteiger partial charge in [-0.25, -0.2) is 4.79 Å². The summed E-state index contributed by atoms with van der Waals surface area (Å²) in [5.41, 5.74) is -1.81. The van der Waals surface area contributed by atoms with Crippen LogP contribution in [0.4, 0.5) is 0 Å². The minimum Gasteiger partial charge on any atom is -0.480 e. The van der Waals surface area contributed by atoms with Gasteiger partial charge in [-0.2, -0.15) is 0 Å². The SMILES string of the molecule is CC(C)(C)C(=O)NCC(=O)NC(C)(C(=O)O)C1CC1. The number of carboxylic acid groups (broad SMARTS) is 1. The van der Waals surface area contributed by atoms with Crippen LogP contribution in [0.3, 0.4) is 0 Å². The Hall–Kier alpha value is -1.59. The Morgan fingerprint density at radius 2 is 1.68 bits per heavy atom. The zero-order chi connectivity index (χ0) is 14.8. The van der Waals surface area contributed by atoms with Gasteiger partial charge in [0.25, 0.3) is 0 Å². The fourth-order valence-corrected chi connectivity index (χ4v) is 1.75. The van der Waals surface area contributed by atoms with Crippen LogP contribution in [0.25, 0.3) is 0 Å². The molecule has 1 aliphatic carbocycles. The molecule has 6 nitrogen and oxygen atoms in total. The Morgan fingerprint density at radius 1 is 1.16 bits per heavy atom. The fraction of sp³-hybridized carbons (Fsp3) is 0.769. The van der Waals surface area contributed by atoms with Crippen LogP contribution in [-0.2, 0) is 14.4 Å². The second-order valence-corrected chi connectivity index (χ2v) is 6.26. The van der Waals surface area contributed by atoms with Crippen molar-refractivity contribution in [3.8, 4) is 0 Å². The summed E-state index contributed by atoms with van der Waals surface area (Å²) in [6.07, 6.45) is 1.61. The van der Waals surface area contributed by atoms with E-state index in [2.05, 4.69) is 10.6 Å². The summed E-state index contributed by atoms with van der Waals surface area (Å²) in [6.45, 7) is 6.53. The van der Waals surface area contributed by atoms with Crippen molar-refractivity contribution in [2.24, 2.45) is 11.3 Å². The molecule has 3 N–H and O–H groups in total. The number of rotatable bonds is 5. The van der Waals surface area contributed by atoms with E-state index in [-0.39, 0.29) is 18.4 Å². The first-order valence-corrected chi connectivity index (χ1v) is 6.40. The number of hydrogen-bond acceptors (Lipinski definition) is 3. The molecular weight excluding hydrogens is 248 g/mol. The highest BCUT2D eigenvalue weighted by Gasteiger charge is 2.48. The summed E-state index contributed by atoms with van der Waals surface area (Å²) >= 11 is 0. The molecule has 2 amide bonds. The van der Waals surface area contributed by atoms with Gasteiger partial charge in [0.2, 0.25) is 11.8 Å². The summed E-state index contributed by atoms with van der Waals surface area (Å²) in [5.74, 6) is -1.78. The van der Waals surface area contributed by atoms with E-state index in [1.807, 2.05) is 0 Å². The Kier molecular flexibility index (Phi) is 4.22. The highest BCUT2D eigenvalue weighted by molar-refractivity contribution is 5.91. The molecule has 1 rings (SSSR count). The number of carboxylic acids is 1. The molecule has 0 aliphatic heterocycles. The fourth-order valence-electron chi connectivity index (χ4n) is 1.75. The third-order valence-electron chi connectivity index (χ3n) is 3.33. The van der Waals surface area contributed by atoms with Gasteiger partial charge < -0.3 is 15.7 Å². The molecular formula is C13H22N2O4. The van der Waals surface area contributed by atoms with Gasteiger partial charge in [-0.05, 0) is 25.7 Å². The first-order valence-electron chi connectivity index (χ1n) is 6.40. The zero-order valence-corrected chi connectivity index (χ0v) is 11.9. The van der Waals surface area contributed by atoms with Crippen LogP contribution in [0.15, 0.2) is 0 Å². The van der Waals surface area contributed by atoms with Crippen molar-refractivity contribution in [2.75, 3.05) is 6.54 Å². The molecule has 0 aromatic heterocycles. The third kappa shape index (κ3) is 3.94. The molecule has 6 heteroatoms. The molecule has 0 radical (unpaired) electrons. The minimum atomic E-state index is -1.23. The first-order chi connectivity index (χ1) is 8.57. The van der Waals surface area contributed by atoms with Gasteiger partial charge in [-0.3, -0.25) is 9.59 Å². The summed E-state index contributed by atoms with van der Waals surface area (Å²) in [6, 6.07) is 0. The Balaban J connectivity index is 2.51. The second kappa shape index (κ2) is 5.19. The molecule has 19 heavy (non-hydrogen) atoms. The summed E-state index contributed by atoms with van der Waals surface area (Å²) in [5, 5.41) is 14.2. The number of aliphatic carboxylic acids is 1. The van der Waals surface area contributed by atoms with Crippen molar-refractivity contribution in [3.05, 3.63) is 0 Å². The van der Waals surface area contributed by atoms with Crippen molar-refractivity contribution in [1.29, 1.82) is 0 Å². The summed E-state index contributed by atoms with van der Waals surface area (Å²) in [7, 11) is 0. The zero-order valence-electron chi connectivity index (χ0n) is 11.9. The van der Waals surface area contributed by atoms with Crippen molar-refractivity contribution < 1.29 is 19.5 Å². The predicted molar refractivity (Wildman–Crippen MR) is 69.4 cm³/mol. The molecule has 0 aromatic carbocycles. The van der Waals surface area contributed by atoms with E-state index < -0.39 is 22.8 Å². The van der Waals surface area contributed by atoms with Gasteiger partial charge in [-0.1, -0.05) is 20.8 Å². The second-order valence-electron chi connectivity index (χ2n) is 6.26. The minimum absolute atomic E-state index is 0.0210. The van der Waals surface area contributed by atoms with Crippen molar-refractivity contribution in [2.45, 2.75) is 46.1 Å². The lowest BCUT2D eigenvalue weighted by molar-refractivity contribution is -0.147. The van der Waals surface area contributed by atoms with Crippen LogP contribution >= 0.6 is 0 Å². The number of hydrogen-bond donors (Lipinski definition) is 3. The van der Waals surface area contributed by atoms with Crippen LogP contribution in [0.5, 0.6) is 0 Å². The standard InChI is InChI=1S/C13H22N2O4/c1-12(2,3)10(17)14-7-9(16)15-13(4,11(18)19)8-5-6-8/h8H,5-7H2,1-4H3,(H,14,17)(H,15,16)(H,18,19). The topological polar surface area (TPSA) is 95.5 Å². The average molecular weight is 270 g/mol. The van der Waals surface area contributed by atoms with E-state index in [9.17, 15) is 19.5 Å². The number of carbonyl (C=O) groups excluding carboxylic acids is 2. The smallest absolute Gasteiger partial charge is 0.329 e. The van der Waals surface area contributed by atoms with Crippen molar-refractivity contribution >= 4 is 17.8 Å². The van der Waals surface area contributed by atoms with Gasteiger partial charge in [0.15, 0.2) is 0 Å². The third-order valence-corrected chi connectivity index (χ3v) is 3.33. The predicted octanol–water partition coefficient (Wildman–Crippen LogP) is 0.518. The Bertz CT molecular complexity index is 396. The molecule has 0 aromatic rings. The van der Waals surface area contributed by atoms with Crippen LogP contribution in [0.2, 0.25) is 0 Å². The van der Waals surface area contributed by atoms with Crippen molar-refractivity contribution in [3.63, 3.8) is 0 Å². The molecule has 1 saturated carbocycles. The van der Waals surface area contributed by atoms with E-state index in [4.69, 9.17) is 0 Å². The van der Waals surface area contributed by atoms with E-state index in [1.165, 1.54) is 6.92 Å². The lowest BCUT2D eigenvalue weighted by Crippen LogP contribution is -2.56. The highest BCUT2D eigenvalue weighted by Crippen LogP contribution is 2.39. The largest absolute Gasteiger partial charge is 0.480 e. The first kappa shape index (κ1) is 15.5. The van der Waals surface area contributed by atoms with Gasteiger partial charge in [0, 0.05) is 5.41 Å². The molecule has 108 valence electrons. The lowest BCUT2D eigenvalue weighted by atomic mass is 9.95. The van der Waals surface area contributed by atoms with E-state index in [1.54, 1.807) is 20.8 Å². The molecule has 0 saturated heterocycles. The van der Waals surface area contributed by atoms with Gasteiger partial charge >= 0.3 is 5.97 Å². The maximum Gasteiger partial charge on any atom is 0.329 e. The van der Waals surface area contributed by atoms with E-state index in [0.29, 0.717) is 0 Å². The summed E-state index contributed by atoms with van der Waals surface area (Å²) in [4.78, 5) is 34.6. The molecule has 1 unspecified atom stereocenters. The van der Waals surface area contributed by atoms with Crippen LogP contribution in [0, 0.1) is 11.3 Å². The number of nitrogens with one attached hydrogen (secondary N) is 2. The number of carbonyl (C=O) groups is 3. The average Bonchev–Trinajstić information content (AvgIpc) is 3.07. The monoisotopic (exact) mass is 270 g/mol. The highest BCUT2D eigenvalue weighted by atomic mass is 16.4. The quantitative estimate of drug-likeness (QED) is 0.678. The van der Waals surface area contributed by atoms with E-state index >= 15 is 0 Å². The Morgan fingerprint density at radius 3 is 2.05 bits per heavy atom. The molecule has 0 spiro atoms. The van der Waals surface area contributed by atoms with Gasteiger partial charge in [0.1, 0.15) is 5.54 Å². The van der Waals surface area contributed by atoms with Gasteiger partial charge in [0.05, 0.1) is 6.54 Å². The van der Waals surface area contributed by atoms with Crippen LogP contribution in [-0.4, -0.2) is 35.0 Å². The molecule has 0 bridgehead atoms. The van der Waals surface area contributed by atoms with Crippen LogP contribution < -0.4 is 10.6 Å². The van der Waals surface area contributed by atoms with Crippen molar-refractivity contribution in [1.82, 2.24) is 10.6 Å². The molecule has 0 heterocycles. The molecule has 1 atom stereocenters. The molecule has 1 fully saturated rings. The van der Waals surface area contributed by atoms with E-state index in [0.717, 1.165) is 12.8 Å². The van der Waals surface area contributed by atoms with Gasteiger partial charge in [-0.15, -0.1) is 0 Å². The maximum atomic E-state index is 11.7. The Labute approximate surface area is 112 Å².